The molecule has 1 amide bonds. The van der Waals surface area contributed by atoms with Crippen LogP contribution in [-0.2, 0) is 22.5 Å². The van der Waals surface area contributed by atoms with Crippen LogP contribution in [0, 0.1) is 6.92 Å². The molecule has 0 aliphatic carbocycles. The van der Waals surface area contributed by atoms with Crippen molar-refractivity contribution in [3.05, 3.63) is 65.0 Å². The molecule has 7 heteroatoms. The number of para-hydroxylation sites is 1. The van der Waals surface area contributed by atoms with Crippen LogP contribution in [0.2, 0.25) is 0 Å². The number of nitrogens with zero attached hydrogens (tertiary/aromatic N) is 3. The van der Waals surface area contributed by atoms with E-state index < -0.39 is 12.1 Å². The maximum absolute atomic E-state index is 13.5. The number of benzene rings is 1. The molecule has 1 atom stereocenters. The highest BCUT2D eigenvalue weighted by Crippen LogP contribution is 2.29. The van der Waals surface area contributed by atoms with Gasteiger partial charge < -0.3 is 10.1 Å². The molecule has 1 aliphatic heterocycles. The van der Waals surface area contributed by atoms with E-state index in [1.165, 1.54) is 0 Å². The van der Waals surface area contributed by atoms with Crippen LogP contribution in [0.25, 0.3) is 10.9 Å². The second kappa shape index (κ2) is 10.1. The van der Waals surface area contributed by atoms with E-state index in [2.05, 4.69) is 22.1 Å². The van der Waals surface area contributed by atoms with E-state index in [1.54, 1.807) is 12.3 Å². The molecule has 3 heterocycles. The topological polar surface area (TPSA) is 84.4 Å². The van der Waals surface area contributed by atoms with Gasteiger partial charge in [0.15, 0.2) is 6.10 Å². The first kappa shape index (κ1) is 22.9. The molecule has 0 bridgehead atoms. The minimum absolute atomic E-state index is 0.358. The number of carbonyl (C=O) groups excluding carboxylic acids is 2. The minimum atomic E-state index is -0.918. The van der Waals surface area contributed by atoms with Crippen molar-refractivity contribution in [1.29, 1.82) is 0 Å². The van der Waals surface area contributed by atoms with Crippen LogP contribution >= 0.6 is 0 Å². The average molecular weight is 447 g/mol. The van der Waals surface area contributed by atoms with Crippen LogP contribution < -0.4 is 5.32 Å². The number of nitrogens with one attached hydrogen (secondary N) is 1. The van der Waals surface area contributed by atoms with Gasteiger partial charge in [-0.15, -0.1) is 0 Å². The van der Waals surface area contributed by atoms with Crippen LogP contribution in [0.3, 0.4) is 0 Å². The molecule has 0 spiro atoms. The molecule has 0 saturated carbocycles. The third-order valence-electron chi connectivity index (χ3n) is 5.94. The Kier molecular flexibility index (Phi) is 6.99. The zero-order valence-electron chi connectivity index (χ0n) is 19.4. The summed E-state index contributed by atoms with van der Waals surface area (Å²) >= 11 is 0. The van der Waals surface area contributed by atoms with Gasteiger partial charge in [-0.1, -0.05) is 38.1 Å². The predicted octanol–water partition coefficient (Wildman–Crippen LogP) is 4.28. The van der Waals surface area contributed by atoms with Crippen molar-refractivity contribution in [2.75, 3.05) is 18.4 Å². The van der Waals surface area contributed by atoms with Gasteiger partial charge in [-0.2, -0.15) is 0 Å². The van der Waals surface area contributed by atoms with Gasteiger partial charge in [0.05, 0.1) is 11.1 Å². The molecule has 1 aromatic carbocycles. The number of anilines is 1. The smallest absolute Gasteiger partial charge is 0.340 e. The van der Waals surface area contributed by atoms with Crippen LogP contribution in [0.1, 0.15) is 53.9 Å². The molecule has 3 aromatic rings. The molecule has 0 radical (unpaired) electrons. The van der Waals surface area contributed by atoms with Crippen LogP contribution in [0.4, 0.5) is 5.82 Å². The van der Waals surface area contributed by atoms with Crippen LogP contribution in [0.15, 0.2) is 42.6 Å². The first-order chi connectivity index (χ1) is 16.0. The summed E-state index contributed by atoms with van der Waals surface area (Å²) in [4.78, 5) is 37.7. The number of esters is 1. The SMILES string of the molecule is CCCN1CCc2nc3ccccc3c(C(=O)OC(CC)C(=O)Nc3ccc(C)cn3)c2C1. The van der Waals surface area contributed by atoms with Crippen molar-refractivity contribution >= 4 is 28.6 Å². The van der Waals surface area contributed by atoms with Gasteiger partial charge in [0.1, 0.15) is 5.82 Å². The fourth-order valence-electron chi connectivity index (χ4n) is 4.25. The zero-order valence-corrected chi connectivity index (χ0v) is 19.4. The van der Waals surface area contributed by atoms with Crippen molar-refractivity contribution < 1.29 is 14.3 Å². The normalized spacial score (nSPS) is 14.5. The fourth-order valence-corrected chi connectivity index (χ4v) is 4.25. The molecule has 1 aliphatic rings. The van der Waals surface area contributed by atoms with Crippen LogP contribution in [-0.4, -0.2) is 45.9 Å². The Morgan fingerprint density at radius 1 is 1.18 bits per heavy atom. The van der Waals surface area contributed by atoms with Gasteiger partial charge in [-0.25, -0.2) is 9.78 Å². The van der Waals surface area contributed by atoms with E-state index in [9.17, 15) is 9.59 Å². The van der Waals surface area contributed by atoms with Crippen LogP contribution in [0.5, 0.6) is 0 Å². The lowest BCUT2D eigenvalue weighted by atomic mass is 9.95. The highest BCUT2D eigenvalue weighted by molar-refractivity contribution is 6.06. The van der Waals surface area contributed by atoms with Gasteiger partial charge in [-0.05, 0) is 44.0 Å². The molecule has 172 valence electrons. The highest BCUT2D eigenvalue weighted by atomic mass is 16.5. The Bertz CT molecular complexity index is 1160. The average Bonchev–Trinajstić information content (AvgIpc) is 2.82. The third kappa shape index (κ3) is 5.03. The van der Waals surface area contributed by atoms with Crippen molar-refractivity contribution in [3.8, 4) is 0 Å². The molecule has 0 fully saturated rings. The standard InChI is InChI=1S/C26H30N4O3/c1-4-13-30-14-12-21-19(16-30)24(18-8-6-7-9-20(18)28-21)26(32)33-22(5-2)25(31)29-23-11-10-17(3)15-27-23/h6-11,15,22H,4-5,12-14,16H2,1-3H3,(H,27,29,31). The zero-order chi connectivity index (χ0) is 23.4. The molecule has 0 saturated heterocycles. The lowest BCUT2D eigenvalue weighted by Gasteiger charge is -2.30. The van der Waals surface area contributed by atoms with Gasteiger partial charge in [0.2, 0.25) is 0 Å². The van der Waals surface area contributed by atoms with Crippen molar-refractivity contribution in [2.45, 2.75) is 52.7 Å². The van der Waals surface area contributed by atoms with E-state index in [0.717, 1.165) is 53.7 Å². The number of amides is 1. The molecule has 7 nitrogen and oxygen atoms in total. The molecular weight excluding hydrogens is 416 g/mol. The van der Waals surface area contributed by atoms with Crippen molar-refractivity contribution in [2.24, 2.45) is 0 Å². The number of aryl methyl sites for hydroxylation is 1. The quantitative estimate of drug-likeness (QED) is 0.546. The van der Waals surface area contributed by atoms with E-state index >= 15 is 0 Å². The summed E-state index contributed by atoms with van der Waals surface area (Å²) < 4.78 is 5.79. The highest BCUT2D eigenvalue weighted by Gasteiger charge is 2.29. The van der Waals surface area contributed by atoms with Crippen molar-refractivity contribution in [3.63, 3.8) is 0 Å². The number of fused-ring (bicyclic) bond motifs is 2. The largest absolute Gasteiger partial charge is 0.449 e. The molecule has 33 heavy (non-hydrogen) atoms. The molecule has 1 N–H and O–H groups in total. The Hall–Kier alpha value is -3.32. The van der Waals surface area contributed by atoms with Gasteiger partial charge in [0.25, 0.3) is 5.91 Å². The summed E-state index contributed by atoms with van der Waals surface area (Å²) in [6.07, 6.45) is 2.95. The summed E-state index contributed by atoms with van der Waals surface area (Å²) in [6, 6.07) is 11.2. The third-order valence-corrected chi connectivity index (χ3v) is 5.94. The van der Waals surface area contributed by atoms with E-state index in [1.807, 2.05) is 44.2 Å². The fraction of sp³-hybridized carbons (Fsp3) is 0.385. The maximum atomic E-state index is 13.5. The summed E-state index contributed by atoms with van der Waals surface area (Å²) in [5, 5.41) is 3.51. The summed E-state index contributed by atoms with van der Waals surface area (Å²) in [6.45, 7) is 8.44. The number of rotatable bonds is 7. The Balaban J connectivity index is 1.63. The second-order valence-electron chi connectivity index (χ2n) is 8.47. The number of ether oxygens (including phenoxy) is 1. The molecule has 2 aromatic heterocycles. The predicted molar refractivity (Wildman–Crippen MR) is 128 cm³/mol. The lowest BCUT2D eigenvalue weighted by Crippen LogP contribution is -2.35. The Morgan fingerprint density at radius 3 is 2.73 bits per heavy atom. The van der Waals surface area contributed by atoms with Crippen molar-refractivity contribution in [1.82, 2.24) is 14.9 Å². The molecule has 1 unspecified atom stereocenters. The second-order valence-corrected chi connectivity index (χ2v) is 8.47. The van der Waals surface area contributed by atoms with E-state index in [4.69, 9.17) is 9.72 Å². The molecular formula is C26H30N4O3. The lowest BCUT2D eigenvalue weighted by molar-refractivity contribution is -0.124. The number of aromatic nitrogens is 2. The Morgan fingerprint density at radius 2 is 2.00 bits per heavy atom. The maximum Gasteiger partial charge on any atom is 0.340 e. The summed E-state index contributed by atoms with van der Waals surface area (Å²) in [5.41, 5.74) is 4.14. The monoisotopic (exact) mass is 446 g/mol. The number of hydrogen-bond donors (Lipinski definition) is 1. The first-order valence-electron chi connectivity index (χ1n) is 11.6. The molecule has 4 rings (SSSR count). The summed E-state index contributed by atoms with van der Waals surface area (Å²) in [5.74, 6) is -0.439. The Labute approximate surface area is 194 Å². The van der Waals surface area contributed by atoms with Gasteiger partial charge in [-0.3, -0.25) is 14.7 Å². The van der Waals surface area contributed by atoms with E-state index in [-0.39, 0.29) is 5.91 Å². The van der Waals surface area contributed by atoms with Gasteiger partial charge >= 0.3 is 5.97 Å². The first-order valence-corrected chi connectivity index (χ1v) is 11.6. The minimum Gasteiger partial charge on any atom is -0.449 e. The number of hydrogen-bond acceptors (Lipinski definition) is 6. The summed E-state index contributed by atoms with van der Waals surface area (Å²) in [7, 11) is 0. The number of pyridine rings is 2. The number of carbonyl (C=O) groups is 2. The van der Waals surface area contributed by atoms with E-state index in [0.29, 0.717) is 24.3 Å². The van der Waals surface area contributed by atoms with Gasteiger partial charge in [0, 0.05) is 42.4 Å².